The van der Waals surface area contributed by atoms with E-state index in [-0.39, 0.29) is 0 Å². The Balaban J connectivity index is 2.28. The summed E-state index contributed by atoms with van der Waals surface area (Å²) >= 11 is 3.45. The number of hydrogen-bond donors (Lipinski definition) is 1. The van der Waals surface area contributed by atoms with Crippen LogP contribution < -0.4 is 14.2 Å². The molecule has 1 N–H and O–H groups in total. The molecule has 0 atom stereocenters. The molecule has 6 heteroatoms. The van der Waals surface area contributed by atoms with Crippen LogP contribution in [0.1, 0.15) is 31.2 Å². The van der Waals surface area contributed by atoms with Crippen LogP contribution in [-0.4, -0.2) is 31.4 Å². The second-order valence-electron chi connectivity index (χ2n) is 5.39. The summed E-state index contributed by atoms with van der Waals surface area (Å²) in [5.41, 5.74) is -0.348. The average molecular weight is 357 g/mol. The Hall–Kier alpha value is -1.43. The highest BCUT2D eigenvalue weighted by molar-refractivity contribution is 9.10. The molecule has 114 valence electrons. The van der Waals surface area contributed by atoms with Crippen molar-refractivity contribution in [3.05, 3.63) is 16.1 Å². The molecule has 1 fully saturated rings. The van der Waals surface area contributed by atoms with Gasteiger partial charge in [0.15, 0.2) is 11.5 Å². The van der Waals surface area contributed by atoms with Gasteiger partial charge in [-0.1, -0.05) is 12.8 Å². The number of benzene rings is 1. The van der Waals surface area contributed by atoms with E-state index in [2.05, 4.69) is 15.9 Å². The van der Waals surface area contributed by atoms with Crippen molar-refractivity contribution in [2.24, 2.45) is 0 Å². The second-order valence-corrected chi connectivity index (χ2v) is 6.24. The number of halogens is 1. The molecule has 0 saturated heterocycles. The summed E-state index contributed by atoms with van der Waals surface area (Å²) in [5.74, 6) is 0.804. The molecular formula is C15H17BrO5. The van der Waals surface area contributed by atoms with Gasteiger partial charge in [-0.3, -0.25) is 4.79 Å². The van der Waals surface area contributed by atoms with E-state index < -0.39 is 11.4 Å². The van der Waals surface area contributed by atoms with Crippen molar-refractivity contribution >= 4 is 21.9 Å². The van der Waals surface area contributed by atoms with Crippen LogP contribution in [0, 0.1) is 0 Å². The van der Waals surface area contributed by atoms with Gasteiger partial charge in [-0.05, 0) is 28.8 Å². The van der Waals surface area contributed by atoms with Gasteiger partial charge in [-0.25, -0.2) is 0 Å². The Morgan fingerprint density at radius 3 is 2.62 bits per heavy atom. The van der Waals surface area contributed by atoms with E-state index in [1.807, 2.05) is 0 Å². The molecule has 0 unspecified atom stereocenters. The molecule has 0 spiro atoms. The van der Waals surface area contributed by atoms with Gasteiger partial charge in [-0.15, -0.1) is 0 Å². The molecule has 1 heterocycles. The molecule has 5 nitrogen and oxygen atoms in total. The zero-order chi connectivity index (χ0) is 15.0. The molecule has 21 heavy (non-hydrogen) atoms. The number of carbonyl (C=O) groups is 1. The van der Waals surface area contributed by atoms with Crippen molar-refractivity contribution < 1.29 is 24.1 Å². The minimum absolute atomic E-state index is 0.417. The quantitative estimate of drug-likeness (QED) is 0.901. The van der Waals surface area contributed by atoms with E-state index >= 15 is 0 Å². The summed E-state index contributed by atoms with van der Waals surface area (Å²) < 4.78 is 17.6. The Kier molecular flexibility index (Phi) is 3.73. The smallest absolute Gasteiger partial charge is 0.314 e. The molecule has 1 aromatic rings. The molecule has 1 aromatic carbocycles. The van der Waals surface area contributed by atoms with Gasteiger partial charge in [0.2, 0.25) is 0 Å². The normalized spacial score (nSPS) is 19.3. The lowest BCUT2D eigenvalue weighted by Crippen LogP contribution is -2.34. The van der Waals surface area contributed by atoms with Crippen LogP contribution >= 0.6 is 15.9 Å². The number of fused-ring (bicyclic) bond motifs is 1. The summed E-state index contributed by atoms with van der Waals surface area (Å²) in [6.45, 7) is 0.881. The number of aliphatic carboxylic acids is 1. The van der Waals surface area contributed by atoms with E-state index in [9.17, 15) is 9.90 Å². The molecule has 1 aliphatic carbocycles. The first-order valence-electron chi connectivity index (χ1n) is 7.00. The third-order valence-electron chi connectivity index (χ3n) is 4.29. The molecule has 0 aromatic heterocycles. The van der Waals surface area contributed by atoms with E-state index in [4.69, 9.17) is 14.2 Å². The number of hydrogen-bond acceptors (Lipinski definition) is 4. The van der Waals surface area contributed by atoms with Gasteiger partial charge < -0.3 is 19.3 Å². The maximum atomic E-state index is 12.0. The molecule has 1 aliphatic heterocycles. The third kappa shape index (κ3) is 2.16. The van der Waals surface area contributed by atoms with Gasteiger partial charge in [0.1, 0.15) is 24.4 Å². The molecule has 0 radical (unpaired) electrons. The van der Waals surface area contributed by atoms with Gasteiger partial charge in [0, 0.05) is 6.07 Å². The summed E-state index contributed by atoms with van der Waals surface area (Å²) in [4.78, 5) is 12.0. The monoisotopic (exact) mass is 356 g/mol. The predicted molar refractivity (Wildman–Crippen MR) is 79.5 cm³/mol. The van der Waals surface area contributed by atoms with Gasteiger partial charge in [-0.2, -0.15) is 0 Å². The van der Waals surface area contributed by atoms with Crippen molar-refractivity contribution in [2.75, 3.05) is 20.3 Å². The molecule has 0 amide bonds. The minimum atomic E-state index is -0.958. The fourth-order valence-electron chi connectivity index (χ4n) is 3.32. The summed E-state index contributed by atoms with van der Waals surface area (Å²) in [6.07, 6.45) is 2.95. The second kappa shape index (κ2) is 5.40. The molecular weight excluding hydrogens is 340 g/mol. The fraction of sp³-hybridized carbons (Fsp3) is 0.533. The molecule has 0 bridgehead atoms. The molecule has 3 rings (SSSR count). The molecule has 2 aliphatic rings. The number of carboxylic acid groups (broad SMARTS) is 1. The zero-order valence-electron chi connectivity index (χ0n) is 11.8. The highest BCUT2D eigenvalue weighted by atomic mass is 79.9. The predicted octanol–water partition coefficient (Wildman–Crippen LogP) is 3.13. The SMILES string of the molecule is COc1c(Br)cc2c(c1C1(C(=O)O)CCCC1)OCCO2. The van der Waals surface area contributed by atoms with Crippen molar-refractivity contribution in [1.29, 1.82) is 0 Å². The van der Waals surface area contributed by atoms with Gasteiger partial charge in [0.25, 0.3) is 0 Å². The largest absolute Gasteiger partial charge is 0.495 e. The number of methoxy groups -OCH3 is 1. The fourth-order valence-corrected chi connectivity index (χ4v) is 3.89. The lowest BCUT2D eigenvalue weighted by molar-refractivity contribution is -0.143. The van der Waals surface area contributed by atoms with Crippen LogP contribution in [0.15, 0.2) is 10.5 Å². The minimum Gasteiger partial charge on any atom is -0.495 e. The standard InChI is InChI=1S/C15H17BrO5/c1-19-12-9(16)8-10-13(21-7-6-20-10)11(12)15(14(17)18)4-2-3-5-15/h8H,2-7H2,1H3,(H,17,18). The van der Waals surface area contributed by atoms with Gasteiger partial charge in [0.05, 0.1) is 17.1 Å². The Morgan fingerprint density at radius 1 is 1.33 bits per heavy atom. The van der Waals surface area contributed by atoms with Crippen LogP contribution in [0.2, 0.25) is 0 Å². The van der Waals surface area contributed by atoms with Gasteiger partial charge >= 0.3 is 5.97 Å². The Bertz CT molecular complexity index is 578. The van der Waals surface area contributed by atoms with Crippen LogP contribution in [0.3, 0.4) is 0 Å². The summed E-state index contributed by atoms with van der Waals surface area (Å²) in [5, 5.41) is 9.86. The van der Waals surface area contributed by atoms with Crippen molar-refractivity contribution in [3.63, 3.8) is 0 Å². The lowest BCUT2D eigenvalue weighted by Gasteiger charge is -2.31. The van der Waals surface area contributed by atoms with Crippen LogP contribution in [0.4, 0.5) is 0 Å². The summed E-state index contributed by atoms with van der Waals surface area (Å²) in [6, 6.07) is 1.78. The van der Waals surface area contributed by atoms with Crippen molar-refractivity contribution in [3.8, 4) is 17.2 Å². The first kappa shape index (κ1) is 14.5. The van der Waals surface area contributed by atoms with E-state index in [1.54, 1.807) is 13.2 Å². The van der Waals surface area contributed by atoms with Crippen LogP contribution in [0.25, 0.3) is 0 Å². The van der Waals surface area contributed by atoms with Crippen molar-refractivity contribution in [2.45, 2.75) is 31.1 Å². The average Bonchev–Trinajstić information content (AvgIpc) is 2.96. The number of ether oxygens (including phenoxy) is 3. The lowest BCUT2D eigenvalue weighted by atomic mass is 9.77. The van der Waals surface area contributed by atoms with Crippen molar-refractivity contribution in [1.82, 2.24) is 0 Å². The first-order valence-corrected chi connectivity index (χ1v) is 7.79. The maximum Gasteiger partial charge on any atom is 0.314 e. The summed E-state index contributed by atoms with van der Waals surface area (Å²) in [7, 11) is 1.55. The highest BCUT2D eigenvalue weighted by Gasteiger charge is 2.48. The Morgan fingerprint density at radius 2 is 2.00 bits per heavy atom. The number of rotatable bonds is 3. The maximum absolute atomic E-state index is 12.0. The number of carboxylic acids is 1. The van der Waals surface area contributed by atoms with E-state index in [1.165, 1.54) is 0 Å². The Labute approximate surface area is 131 Å². The first-order chi connectivity index (χ1) is 10.1. The van der Waals surface area contributed by atoms with Crippen LogP contribution in [0.5, 0.6) is 17.2 Å². The van der Waals surface area contributed by atoms with E-state index in [0.29, 0.717) is 53.3 Å². The topological polar surface area (TPSA) is 65.0 Å². The highest BCUT2D eigenvalue weighted by Crippen LogP contribution is 2.54. The van der Waals surface area contributed by atoms with E-state index in [0.717, 1.165) is 12.8 Å². The zero-order valence-corrected chi connectivity index (χ0v) is 13.4. The third-order valence-corrected chi connectivity index (χ3v) is 4.88. The van der Waals surface area contributed by atoms with Crippen LogP contribution in [-0.2, 0) is 10.2 Å². The molecule has 1 saturated carbocycles.